The van der Waals surface area contributed by atoms with Crippen molar-refractivity contribution in [2.75, 3.05) is 19.6 Å². The summed E-state index contributed by atoms with van der Waals surface area (Å²) in [5.74, 6) is 0.444. The van der Waals surface area contributed by atoms with Gasteiger partial charge in [0.2, 0.25) is 5.91 Å². The van der Waals surface area contributed by atoms with Crippen molar-refractivity contribution in [1.29, 1.82) is 0 Å². The molecule has 1 aliphatic heterocycles. The first-order chi connectivity index (χ1) is 10.2. The first-order valence-corrected chi connectivity index (χ1v) is 7.97. The van der Waals surface area contributed by atoms with E-state index >= 15 is 0 Å². The third kappa shape index (κ3) is 4.03. The Kier molecular flexibility index (Phi) is 4.54. The number of rotatable bonds is 5. The number of nitrogens with zero attached hydrogens (tertiary/aromatic N) is 1. The molecule has 1 saturated heterocycles. The number of carbonyl (C=O) groups is 1. The van der Waals surface area contributed by atoms with E-state index in [2.05, 4.69) is 5.32 Å². The van der Waals surface area contributed by atoms with Crippen molar-refractivity contribution in [3.63, 3.8) is 0 Å². The van der Waals surface area contributed by atoms with E-state index in [1.54, 1.807) is 6.07 Å². The fraction of sp³-hybridized carbons (Fsp3) is 0.588. The van der Waals surface area contributed by atoms with E-state index < -0.39 is 0 Å². The van der Waals surface area contributed by atoms with Crippen molar-refractivity contribution in [2.24, 2.45) is 5.92 Å². The van der Waals surface area contributed by atoms with Gasteiger partial charge in [0, 0.05) is 12.6 Å². The van der Waals surface area contributed by atoms with Gasteiger partial charge in [-0.1, -0.05) is 12.1 Å². The van der Waals surface area contributed by atoms with Crippen LogP contribution in [-0.2, 0) is 11.2 Å². The summed E-state index contributed by atoms with van der Waals surface area (Å²) >= 11 is 0. The van der Waals surface area contributed by atoms with Crippen LogP contribution in [-0.4, -0.2) is 36.5 Å². The highest BCUT2D eigenvalue weighted by Crippen LogP contribution is 2.29. The minimum absolute atomic E-state index is 0.147. The van der Waals surface area contributed by atoms with Gasteiger partial charge in [0.1, 0.15) is 5.82 Å². The number of halogens is 1. The Hall–Kier alpha value is -1.42. The van der Waals surface area contributed by atoms with Gasteiger partial charge in [-0.25, -0.2) is 4.39 Å². The number of nitrogens with one attached hydrogen (secondary N) is 1. The molecule has 3 rings (SSSR count). The first kappa shape index (κ1) is 14.5. The molecule has 2 fully saturated rings. The average molecular weight is 290 g/mol. The standard InChI is InChI=1S/C17H23FN2O/c18-15-5-1-3-13(9-15)10-17(21)20(16-6-7-16)12-14-4-2-8-19-11-14/h1,3,5,9,14,16,19H,2,4,6-8,10-12H2. The van der Waals surface area contributed by atoms with E-state index in [9.17, 15) is 9.18 Å². The molecule has 1 amide bonds. The van der Waals surface area contributed by atoms with Crippen LogP contribution in [0.1, 0.15) is 31.2 Å². The molecule has 1 aromatic carbocycles. The molecule has 1 atom stereocenters. The van der Waals surface area contributed by atoms with Gasteiger partial charge in [0.05, 0.1) is 6.42 Å². The van der Waals surface area contributed by atoms with Crippen LogP contribution in [0.3, 0.4) is 0 Å². The second-order valence-corrected chi connectivity index (χ2v) is 6.30. The van der Waals surface area contributed by atoms with Gasteiger partial charge >= 0.3 is 0 Å². The molecule has 3 nitrogen and oxygen atoms in total. The zero-order valence-corrected chi connectivity index (χ0v) is 12.4. The molecule has 0 spiro atoms. The van der Waals surface area contributed by atoms with Gasteiger partial charge in [-0.3, -0.25) is 4.79 Å². The highest BCUT2D eigenvalue weighted by molar-refractivity contribution is 5.79. The van der Waals surface area contributed by atoms with Crippen LogP contribution >= 0.6 is 0 Å². The summed E-state index contributed by atoms with van der Waals surface area (Å²) in [6, 6.07) is 6.80. The zero-order valence-electron chi connectivity index (χ0n) is 12.4. The zero-order chi connectivity index (χ0) is 14.7. The molecule has 1 aromatic rings. The Morgan fingerprint density at radius 2 is 2.19 bits per heavy atom. The molecule has 0 aromatic heterocycles. The van der Waals surface area contributed by atoms with Crippen molar-refractivity contribution >= 4 is 5.91 Å². The Balaban J connectivity index is 1.61. The van der Waals surface area contributed by atoms with Crippen LogP contribution in [0, 0.1) is 11.7 Å². The Morgan fingerprint density at radius 1 is 1.33 bits per heavy atom. The number of amides is 1. The molecule has 1 aliphatic carbocycles. The molecule has 1 unspecified atom stereocenters. The Morgan fingerprint density at radius 3 is 2.86 bits per heavy atom. The summed E-state index contributed by atoms with van der Waals surface area (Å²) in [6.07, 6.45) is 4.95. The van der Waals surface area contributed by atoms with Crippen LogP contribution in [0.5, 0.6) is 0 Å². The number of hydrogen-bond donors (Lipinski definition) is 1. The second-order valence-electron chi connectivity index (χ2n) is 6.30. The van der Waals surface area contributed by atoms with E-state index in [0.717, 1.165) is 38.0 Å². The lowest BCUT2D eigenvalue weighted by atomic mass is 9.98. The lowest BCUT2D eigenvalue weighted by molar-refractivity contribution is -0.131. The van der Waals surface area contributed by atoms with E-state index in [1.807, 2.05) is 11.0 Å². The predicted molar refractivity (Wildman–Crippen MR) is 80.4 cm³/mol. The molecule has 4 heteroatoms. The molecule has 2 aliphatic rings. The molecular formula is C17H23FN2O. The van der Waals surface area contributed by atoms with Crippen molar-refractivity contribution in [3.8, 4) is 0 Å². The first-order valence-electron chi connectivity index (χ1n) is 7.97. The van der Waals surface area contributed by atoms with Crippen molar-refractivity contribution < 1.29 is 9.18 Å². The lowest BCUT2D eigenvalue weighted by Crippen LogP contribution is -2.42. The second kappa shape index (κ2) is 6.56. The topological polar surface area (TPSA) is 32.3 Å². The normalized spacial score (nSPS) is 22.0. The minimum Gasteiger partial charge on any atom is -0.339 e. The van der Waals surface area contributed by atoms with Gasteiger partial charge in [-0.15, -0.1) is 0 Å². The van der Waals surface area contributed by atoms with E-state index in [1.165, 1.54) is 25.0 Å². The molecule has 1 N–H and O–H groups in total. The summed E-state index contributed by atoms with van der Waals surface area (Å²) in [6.45, 7) is 2.96. The lowest BCUT2D eigenvalue weighted by Gasteiger charge is -2.30. The van der Waals surface area contributed by atoms with Crippen molar-refractivity contribution in [1.82, 2.24) is 10.2 Å². The number of piperidine rings is 1. The molecule has 1 heterocycles. The SMILES string of the molecule is O=C(Cc1cccc(F)c1)N(CC1CCCNC1)C1CC1. The summed E-state index contributed by atoms with van der Waals surface area (Å²) in [4.78, 5) is 14.6. The van der Waals surface area contributed by atoms with Gasteiger partial charge < -0.3 is 10.2 Å². The summed E-state index contributed by atoms with van der Waals surface area (Å²) in [5.41, 5.74) is 0.771. The van der Waals surface area contributed by atoms with Crippen LogP contribution in [0.4, 0.5) is 4.39 Å². The van der Waals surface area contributed by atoms with Crippen LogP contribution in [0.2, 0.25) is 0 Å². The maximum Gasteiger partial charge on any atom is 0.227 e. The fourth-order valence-electron chi connectivity index (χ4n) is 3.12. The molecule has 0 bridgehead atoms. The van der Waals surface area contributed by atoms with E-state index in [-0.39, 0.29) is 11.7 Å². The third-order valence-corrected chi connectivity index (χ3v) is 4.41. The van der Waals surface area contributed by atoms with Gasteiger partial charge in [-0.05, 0) is 62.4 Å². The average Bonchev–Trinajstić information content (AvgIpc) is 3.30. The third-order valence-electron chi connectivity index (χ3n) is 4.41. The fourth-order valence-corrected chi connectivity index (χ4v) is 3.12. The molecule has 114 valence electrons. The monoisotopic (exact) mass is 290 g/mol. The van der Waals surface area contributed by atoms with Crippen LogP contribution in [0.15, 0.2) is 24.3 Å². The molecule has 21 heavy (non-hydrogen) atoms. The van der Waals surface area contributed by atoms with E-state index in [4.69, 9.17) is 0 Å². The van der Waals surface area contributed by atoms with Crippen LogP contribution in [0.25, 0.3) is 0 Å². The highest BCUT2D eigenvalue weighted by Gasteiger charge is 2.34. The maximum absolute atomic E-state index is 13.2. The molecule has 1 saturated carbocycles. The quantitative estimate of drug-likeness (QED) is 0.903. The number of benzene rings is 1. The van der Waals surface area contributed by atoms with Crippen molar-refractivity contribution in [3.05, 3.63) is 35.6 Å². The van der Waals surface area contributed by atoms with Crippen LogP contribution < -0.4 is 5.32 Å². The van der Waals surface area contributed by atoms with Gasteiger partial charge in [-0.2, -0.15) is 0 Å². The predicted octanol–water partition coefficient (Wildman–Crippen LogP) is 2.36. The Labute approximate surface area is 125 Å². The van der Waals surface area contributed by atoms with Gasteiger partial charge in [0.25, 0.3) is 0 Å². The summed E-state index contributed by atoms with van der Waals surface area (Å²) < 4.78 is 13.2. The molecule has 0 radical (unpaired) electrons. The highest BCUT2D eigenvalue weighted by atomic mass is 19.1. The largest absolute Gasteiger partial charge is 0.339 e. The maximum atomic E-state index is 13.2. The Bertz CT molecular complexity index is 495. The summed E-state index contributed by atoms with van der Waals surface area (Å²) in [5, 5.41) is 3.41. The number of hydrogen-bond acceptors (Lipinski definition) is 2. The van der Waals surface area contributed by atoms with E-state index in [0.29, 0.717) is 18.4 Å². The van der Waals surface area contributed by atoms with Crippen molar-refractivity contribution in [2.45, 2.75) is 38.1 Å². The number of carbonyl (C=O) groups excluding carboxylic acids is 1. The molecular weight excluding hydrogens is 267 g/mol. The summed E-state index contributed by atoms with van der Waals surface area (Å²) in [7, 11) is 0. The minimum atomic E-state index is -0.269. The smallest absolute Gasteiger partial charge is 0.227 e. The van der Waals surface area contributed by atoms with Gasteiger partial charge in [0.15, 0.2) is 0 Å².